The average molecular weight is 237 g/mol. The zero-order valence-electron chi connectivity index (χ0n) is 10.6. The van der Waals surface area contributed by atoms with E-state index in [1.54, 1.807) is 0 Å². The van der Waals surface area contributed by atoms with Crippen LogP contribution in [-0.4, -0.2) is 11.8 Å². The Labute approximate surface area is 104 Å². The van der Waals surface area contributed by atoms with Gasteiger partial charge in [-0.2, -0.15) is 0 Å². The zero-order chi connectivity index (χ0) is 12.0. The van der Waals surface area contributed by atoms with Gasteiger partial charge in [-0.3, -0.25) is 0 Å². The second kappa shape index (κ2) is 6.97. The summed E-state index contributed by atoms with van der Waals surface area (Å²) in [6, 6.07) is 7.06. The summed E-state index contributed by atoms with van der Waals surface area (Å²) in [5, 5.41) is 0. The number of nitrogens with two attached hydrogens (primary N) is 1. The Morgan fingerprint density at radius 2 is 2.06 bits per heavy atom. The van der Waals surface area contributed by atoms with E-state index in [0.717, 1.165) is 12.8 Å². The molecule has 16 heavy (non-hydrogen) atoms. The van der Waals surface area contributed by atoms with Gasteiger partial charge in [0.05, 0.1) is 0 Å². The van der Waals surface area contributed by atoms with Crippen molar-refractivity contribution in [2.45, 2.75) is 51.0 Å². The van der Waals surface area contributed by atoms with Crippen molar-refractivity contribution in [2.75, 3.05) is 5.75 Å². The first-order chi connectivity index (χ1) is 7.63. The summed E-state index contributed by atoms with van der Waals surface area (Å²) < 4.78 is 0. The third-order valence-corrected chi connectivity index (χ3v) is 4.09. The molecular weight excluding hydrogens is 214 g/mol. The van der Waals surface area contributed by atoms with Crippen LogP contribution in [0.25, 0.3) is 0 Å². The zero-order valence-corrected chi connectivity index (χ0v) is 11.4. The minimum atomic E-state index is 0.389. The molecule has 2 N–H and O–H groups in total. The summed E-state index contributed by atoms with van der Waals surface area (Å²) in [5.41, 5.74) is 8.63. The molecule has 0 saturated carbocycles. The maximum atomic E-state index is 5.89. The van der Waals surface area contributed by atoms with Crippen molar-refractivity contribution >= 4 is 11.8 Å². The highest BCUT2D eigenvalue weighted by molar-refractivity contribution is 7.99. The summed E-state index contributed by atoms with van der Waals surface area (Å²) in [6.07, 6.45) is 3.45. The van der Waals surface area contributed by atoms with Gasteiger partial charge in [0.1, 0.15) is 0 Å². The molecule has 0 aliphatic rings. The smallest absolute Gasteiger partial charge is 0.0101 e. The van der Waals surface area contributed by atoms with Crippen LogP contribution in [0.5, 0.6) is 0 Å². The van der Waals surface area contributed by atoms with Crippen LogP contribution in [-0.2, 0) is 0 Å². The highest BCUT2D eigenvalue weighted by Gasteiger charge is 2.01. The van der Waals surface area contributed by atoms with E-state index < -0.39 is 0 Å². The Kier molecular flexibility index (Phi) is 5.93. The summed E-state index contributed by atoms with van der Waals surface area (Å²) in [4.78, 5) is 1.41. The van der Waals surface area contributed by atoms with E-state index in [9.17, 15) is 0 Å². The molecule has 1 rings (SSSR count). The van der Waals surface area contributed by atoms with E-state index in [2.05, 4.69) is 39.0 Å². The molecule has 0 bridgehead atoms. The number of rotatable bonds is 6. The van der Waals surface area contributed by atoms with Crippen molar-refractivity contribution in [2.24, 2.45) is 5.73 Å². The van der Waals surface area contributed by atoms with Gasteiger partial charge >= 0.3 is 0 Å². The summed E-state index contributed by atoms with van der Waals surface area (Å²) >= 11 is 1.95. The first-order valence-corrected chi connectivity index (χ1v) is 7.07. The van der Waals surface area contributed by atoms with Crippen LogP contribution in [0.1, 0.15) is 37.3 Å². The van der Waals surface area contributed by atoms with Crippen molar-refractivity contribution in [1.29, 1.82) is 0 Å². The Morgan fingerprint density at radius 3 is 2.69 bits per heavy atom. The molecule has 0 aliphatic heterocycles. The molecule has 0 fully saturated rings. The largest absolute Gasteiger partial charge is 0.328 e. The molecule has 1 aromatic carbocycles. The quantitative estimate of drug-likeness (QED) is 0.599. The SMILES string of the molecule is CCC(N)CCCSc1ccc(C)cc1C. The van der Waals surface area contributed by atoms with E-state index in [4.69, 9.17) is 5.73 Å². The molecule has 0 aliphatic carbocycles. The van der Waals surface area contributed by atoms with Gasteiger partial charge in [0, 0.05) is 10.9 Å². The van der Waals surface area contributed by atoms with Crippen molar-refractivity contribution in [3.05, 3.63) is 29.3 Å². The molecule has 0 heterocycles. The van der Waals surface area contributed by atoms with E-state index in [0.29, 0.717) is 6.04 Å². The van der Waals surface area contributed by atoms with E-state index in [1.807, 2.05) is 11.8 Å². The molecule has 1 unspecified atom stereocenters. The third kappa shape index (κ3) is 4.58. The molecule has 0 spiro atoms. The maximum absolute atomic E-state index is 5.89. The number of thioether (sulfide) groups is 1. The number of hydrogen-bond acceptors (Lipinski definition) is 2. The molecular formula is C14H23NS. The molecule has 1 aromatic rings. The van der Waals surface area contributed by atoms with Gasteiger partial charge in [0.25, 0.3) is 0 Å². The van der Waals surface area contributed by atoms with Crippen LogP contribution in [0.4, 0.5) is 0 Å². The summed E-state index contributed by atoms with van der Waals surface area (Å²) in [5.74, 6) is 1.18. The number of benzene rings is 1. The van der Waals surface area contributed by atoms with Gasteiger partial charge in [-0.05, 0) is 50.5 Å². The molecule has 2 heteroatoms. The average Bonchev–Trinajstić information content (AvgIpc) is 2.26. The highest BCUT2D eigenvalue weighted by Crippen LogP contribution is 2.24. The Morgan fingerprint density at radius 1 is 1.31 bits per heavy atom. The van der Waals surface area contributed by atoms with Crippen LogP contribution >= 0.6 is 11.8 Å². The maximum Gasteiger partial charge on any atom is 0.0101 e. The van der Waals surface area contributed by atoms with Crippen LogP contribution in [0.15, 0.2) is 23.1 Å². The topological polar surface area (TPSA) is 26.0 Å². The van der Waals surface area contributed by atoms with E-state index >= 15 is 0 Å². The van der Waals surface area contributed by atoms with Gasteiger partial charge in [-0.15, -0.1) is 11.8 Å². The van der Waals surface area contributed by atoms with Crippen molar-refractivity contribution in [3.63, 3.8) is 0 Å². The summed E-state index contributed by atoms with van der Waals surface area (Å²) in [7, 11) is 0. The fourth-order valence-corrected chi connectivity index (χ4v) is 2.67. The van der Waals surface area contributed by atoms with Crippen molar-refractivity contribution in [3.8, 4) is 0 Å². The number of aryl methyl sites for hydroxylation is 2. The van der Waals surface area contributed by atoms with Gasteiger partial charge in [-0.25, -0.2) is 0 Å². The van der Waals surface area contributed by atoms with Gasteiger partial charge < -0.3 is 5.73 Å². The second-order valence-electron chi connectivity index (χ2n) is 4.43. The lowest BCUT2D eigenvalue weighted by Crippen LogP contribution is -2.18. The predicted molar refractivity (Wildman–Crippen MR) is 74.1 cm³/mol. The van der Waals surface area contributed by atoms with E-state index in [1.165, 1.54) is 28.2 Å². The Hall–Kier alpha value is -0.470. The lowest BCUT2D eigenvalue weighted by Gasteiger charge is -2.09. The molecule has 0 amide bonds. The number of hydrogen-bond donors (Lipinski definition) is 1. The first kappa shape index (κ1) is 13.6. The normalized spacial score (nSPS) is 12.8. The lowest BCUT2D eigenvalue weighted by atomic mass is 10.1. The molecule has 0 aromatic heterocycles. The molecule has 90 valence electrons. The van der Waals surface area contributed by atoms with E-state index in [-0.39, 0.29) is 0 Å². The van der Waals surface area contributed by atoms with Crippen molar-refractivity contribution in [1.82, 2.24) is 0 Å². The minimum absolute atomic E-state index is 0.389. The third-order valence-electron chi connectivity index (χ3n) is 2.83. The van der Waals surface area contributed by atoms with Crippen LogP contribution in [0.3, 0.4) is 0 Å². The van der Waals surface area contributed by atoms with Crippen LogP contribution in [0.2, 0.25) is 0 Å². The monoisotopic (exact) mass is 237 g/mol. The fourth-order valence-electron chi connectivity index (χ4n) is 1.69. The van der Waals surface area contributed by atoms with Crippen LogP contribution < -0.4 is 5.73 Å². The van der Waals surface area contributed by atoms with Gasteiger partial charge in [0.15, 0.2) is 0 Å². The van der Waals surface area contributed by atoms with Crippen LogP contribution in [0, 0.1) is 13.8 Å². The van der Waals surface area contributed by atoms with Gasteiger partial charge in [-0.1, -0.05) is 24.6 Å². The predicted octanol–water partition coefficient (Wildman–Crippen LogP) is 3.91. The highest BCUT2D eigenvalue weighted by atomic mass is 32.2. The molecule has 1 nitrogen and oxygen atoms in total. The molecule has 0 radical (unpaired) electrons. The molecule has 1 atom stereocenters. The Bertz CT molecular complexity index is 323. The molecule has 0 saturated heterocycles. The van der Waals surface area contributed by atoms with Gasteiger partial charge in [0.2, 0.25) is 0 Å². The first-order valence-electron chi connectivity index (χ1n) is 6.09. The summed E-state index contributed by atoms with van der Waals surface area (Å²) in [6.45, 7) is 6.48. The second-order valence-corrected chi connectivity index (χ2v) is 5.56. The fraction of sp³-hybridized carbons (Fsp3) is 0.571. The minimum Gasteiger partial charge on any atom is -0.328 e. The van der Waals surface area contributed by atoms with Crippen molar-refractivity contribution < 1.29 is 0 Å². The standard InChI is InChI=1S/C14H23NS/c1-4-13(15)6-5-9-16-14-8-7-11(2)10-12(14)3/h7-8,10,13H,4-6,9,15H2,1-3H3. The lowest BCUT2D eigenvalue weighted by molar-refractivity contribution is 0.589. The Balaban J connectivity index is 2.32.